The third-order valence-electron chi connectivity index (χ3n) is 5.73. The lowest BCUT2D eigenvalue weighted by molar-refractivity contribution is -0.143. The van der Waals surface area contributed by atoms with Crippen molar-refractivity contribution in [1.29, 1.82) is 0 Å². The Balaban J connectivity index is 2.31. The van der Waals surface area contributed by atoms with Crippen molar-refractivity contribution in [1.82, 2.24) is 9.21 Å². The van der Waals surface area contributed by atoms with E-state index in [0.29, 0.717) is 6.54 Å². The highest BCUT2D eigenvalue weighted by atomic mass is 32.2. The summed E-state index contributed by atoms with van der Waals surface area (Å²) in [6.07, 6.45) is 1.55. The van der Waals surface area contributed by atoms with E-state index < -0.39 is 22.1 Å². The molecule has 0 N–H and O–H groups in total. The molecule has 0 bridgehead atoms. The Morgan fingerprint density at radius 3 is 2.25 bits per heavy atom. The van der Waals surface area contributed by atoms with Gasteiger partial charge in [-0.3, -0.25) is 4.79 Å². The molecule has 1 aromatic rings. The van der Waals surface area contributed by atoms with Crippen LogP contribution in [0.1, 0.15) is 71.2 Å². The van der Waals surface area contributed by atoms with E-state index in [2.05, 4.69) is 0 Å². The summed E-state index contributed by atoms with van der Waals surface area (Å²) < 4.78 is 38.9. The van der Waals surface area contributed by atoms with Crippen molar-refractivity contribution in [2.75, 3.05) is 13.7 Å². The average molecular weight is 469 g/mol. The molecule has 1 fully saturated rings. The van der Waals surface area contributed by atoms with Gasteiger partial charge in [-0.15, -0.1) is 0 Å². The summed E-state index contributed by atoms with van der Waals surface area (Å²) in [7, 11) is -2.48. The molecule has 8 nitrogen and oxygen atoms in total. The van der Waals surface area contributed by atoms with Gasteiger partial charge >= 0.3 is 5.97 Å². The SMILES string of the molecule is COc1ccc(C(=O)OC(C)C(=O)N(C(C)C)C(C)C)cc1S(=O)(=O)N1CCCCC1C. The van der Waals surface area contributed by atoms with Crippen molar-refractivity contribution in [2.45, 2.75) is 89.9 Å². The number of ether oxygens (including phenoxy) is 2. The zero-order valence-electron chi connectivity index (χ0n) is 20.1. The van der Waals surface area contributed by atoms with E-state index in [1.807, 2.05) is 34.6 Å². The van der Waals surface area contributed by atoms with E-state index >= 15 is 0 Å². The lowest BCUT2D eigenvalue weighted by Crippen LogP contribution is -2.47. The summed E-state index contributed by atoms with van der Waals surface area (Å²) >= 11 is 0. The van der Waals surface area contributed by atoms with Crippen molar-refractivity contribution in [3.05, 3.63) is 23.8 Å². The quantitative estimate of drug-likeness (QED) is 0.543. The molecular weight excluding hydrogens is 432 g/mol. The van der Waals surface area contributed by atoms with Crippen LogP contribution >= 0.6 is 0 Å². The van der Waals surface area contributed by atoms with Crippen LogP contribution in [0.25, 0.3) is 0 Å². The summed E-state index contributed by atoms with van der Waals surface area (Å²) in [4.78, 5) is 27.2. The van der Waals surface area contributed by atoms with Crippen molar-refractivity contribution in [3.8, 4) is 5.75 Å². The van der Waals surface area contributed by atoms with Gasteiger partial charge in [-0.2, -0.15) is 4.31 Å². The lowest BCUT2D eigenvalue weighted by Gasteiger charge is -2.33. The third kappa shape index (κ3) is 5.61. The highest BCUT2D eigenvalue weighted by Crippen LogP contribution is 2.32. The van der Waals surface area contributed by atoms with Gasteiger partial charge in [0.25, 0.3) is 5.91 Å². The summed E-state index contributed by atoms with van der Waals surface area (Å²) in [5, 5.41) is 0. The Morgan fingerprint density at radius 2 is 1.72 bits per heavy atom. The van der Waals surface area contributed by atoms with Crippen molar-refractivity contribution >= 4 is 21.9 Å². The molecule has 2 atom stereocenters. The molecule has 0 spiro atoms. The number of carbonyl (C=O) groups excluding carboxylic acids is 2. The molecule has 180 valence electrons. The van der Waals surface area contributed by atoms with E-state index in [0.717, 1.165) is 19.3 Å². The number of rotatable bonds is 8. The molecule has 0 aliphatic carbocycles. The molecule has 1 heterocycles. The van der Waals surface area contributed by atoms with Crippen LogP contribution in [-0.4, -0.2) is 67.4 Å². The number of amides is 1. The normalized spacial score (nSPS) is 18.5. The molecule has 0 aromatic heterocycles. The van der Waals surface area contributed by atoms with Gasteiger partial charge in [0.05, 0.1) is 12.7 Å². The molecule has 1 aromatic carbocycles. The van der Waals surface area contributed by atoms with Gasteiger partial charge in [-0.25, -0.2) is 13.2 Å². The van der Waals surface area contributed by atoms with Gasteiger partial charge in [0.15, 0.2) is 6.10 Å². The van der Waals surface area contributed by atoms with Crippen molar-refractivity contribution in [3.63, 3.8) is 0 Å². The standard InChI is InChI=1S/C23H36N2O6S/c1-15(2)25(16(3)4)22(26)18(6)31-23(27)19-11-12-20(30-7)21(14-19)32(28,29)24-13-9-8-10-17(24)5/h11-12,14-18H,8-10,13H2,1-7H3. The maximum absolute atomic E-state index is 13.4. The summed E-state index contributed by atoms with van der Waals surface area (Å²) in [6.45, 7) is 11.4. The predicted octanol–water partition coefficient (Wildman–Crippen LogP) is 3.45. The molecule has 1 aliphatic rings. The topological polar surface area (TPSA) is 93.2 Å². The monoisotopic (exact) mass is 468 g/mol. The summed E-state index contributed by atoms with van der Waals surface area (Å²) in [5.74, 6) is -0.898. The number of nitrogens with zero attached hydrogens (tertiary/aromatic N) is 2. The van der Waals surface area contributed by atoms with Crippen molar-refractivity contribution in [2.24, 2.45) is 0 Å². The minimum Gasteiger partial charge on any atom is -0.495 e. The maximum atomic E-state index is 13.4. The predicted molar refractivity (Wildman–Crippen MR) is 122 cm³/mol. The van der Waals surface area contributed by atoms with Crippen LogP contribution < -0.4 is 4.74 Å². The molecule has 0 saturated carbocycles. The average Bonchev–Trinajstić information content (AvgIpc) is 2.72. The van der Waals surface area contributed by atoms with Gasteiger partial charge < -0.3 is 14.4 Å². The Hall–Kier alpha value is -2.13. The number of methoxy groups -OCH3 is 1. The number of piperidine rings is 1. The minimum absolute atomic E-state index is 0.0482. The Kier molecular flexibility index (Phi) is 8.70. The highest BCUT2D eigenvalue weighted by Gasteiger charge is 2.34. The zero-order valence-corrected chi connectivity index (χ0v) is 20.9. The zero-order chi connectivity index (χ0) is 24.2. The fourth-order valence-electron chi connectivity index (χ4n) is 4.15. The highest BCUT2D eigenvalue weighted by molar-refractivity contribution is 7.89. The number of esters is 1. The molecule has 1 amide bonds. The second-order valence-corrected chi connectivity index (χ2v) is 10.7. The molecule has 1 aliphatic heterocycles. The second-order valence-electron chi connectivity index (χ2n) is 8.81. The van der Waals surface area contributed by atoms with Crippen molar-refractivity contribution < 1.29 is 27.5 Å². The first-order valence-electron chi connectivity index (χ1n) is 11.1. The molecule has 0 radical (unpaired) electrons. The number of carbonyl (C=O) groups is 2. The number of hydrogen-bond donors (Lipinski definition) is 0. The lowest BCUT2D eigenvalue weighted by atomic mass is 10.1. The van der Waals surface area contributed by atoms with Crippen LogP contribution in [0.2, 0.25) is 0 Å². The fourth-order valence-corrected chi connectivity index (χ4v) is 6.04. The molecule has 32 heavy (non-hydrogen) atoms. The van der Waals surface area contributed by atoms with Crippen LogP contribution in [0.3, 0.4) is 0 Å². The first-order chi connectivity index (χ1) is 14.9. The first-order valence-corrected chi connectivity index (χ1v) is 12.6. The Bertz CT molecular complexity index is 920. The molecule has 2 rings (SSSR count). The van der Waals surface area contributed by atoms with Gasteiger partial charge in [0.2, 0.25) is 10.0 Å². The largest absolute Gasteiger partial charge is 0.495 e. The number of hydrogen-bond acceptors (Lipinski definition) is 6. The van der Waals surface area contributed by atoms with Gasteiger partial charge in [0, 0.05) is 24.7 Å². The van der Waals surface area contributed by atoms with Gasteiger partial charge in [0.1, 0.15) is 10.6 Å². The maximum Gasteiger partial charge on any atom is 0.338 e. The molecular formula is C23H36N2O6S. The van der Waals surface area contributed by atoms with Crippen LogP contribution in [0.5, 0.6) is 5.75 Å². The number of sulfonamides is 1. The van der Waals surface area contributed by atoms with Gasteiger partial charge in [-0.1, -0.05) is 6.42 Å². The van der Waals surface area contributed by atoms with E-state index in [4.69, 9.17) is 9.47 Å². The van der Waals surface area contributed by atoms with Gasteiger partial charge in [-0.05, 0) is 72.6 Å². The van der Waals surface area contributed by atoms with E-state index in [9.17, 15) is 18.0 Å². The third-order valence-corrected chi connectivity index (χ3v) is 7.76. The van der Waals surface area contributed by atoms with Crippen LogP contribution in [-0.2, 0) is 19.6 Å². The number of benzene rings is 1. The van der Waals surface area contributed by atoms with E-state index in [1.165, 1.54) is 36.5 Å². The fraction of sp³-hybridized carbons (Fsp3) is 0.652. The Morgan fingerprint density at radius 1 is 1.09 bits per heavy atom. The summed E-state index contributed by atoms with van der Waals surface area (Å²) in [5.41, 5.74) is 0.0503. The molecule has 1 saturated heterocycles. The van der Waals surface area contributed by atoms with E-state index in [1.54, 1.807) is 4.90 Å². The summed E-state index contributed by atoms with van der Waals surface area (Å²) in [6, 6.07) is 3.93. The second kappa shape index (κ2) is 10.7. The smallest absolute Gasteiger partial charge is 0.338 e. The van der Waals surface area contributed by atoms with Crippen LogP contribution in [0.4, 0.5) is 0 Å². The molecule has 2 unspecified atom stereocenters. The van der Waals surface area contributed by atoms with Crippen LogP contribution in [0, 0.1) is 0 Å². The first kappa shape index (κ1) is 26.1. The van der Waals surface area contributed by atoms with Crippen LogP contribution in [0.15, 0.2) is 23.1 Å². The minimum atomic E-state index is -3.87. The molecule has 9 heteroatoms. The Labute approximate surface area is 191 Å². The van der Waals surface area contributed by atoms with E-state index in [-0.39, 0.29) is 40.2 Å².